The van der Waals surface area contributed by atoms with E-state index in [0.29, 0.717) is 24.9 Å². The fourth-order valence-electron chi connectivity index (χ4n) is 2.32. The van der Waals surface area contributed by atoms with Crippen LogP contribution in [0, 0.1) is 0 Å². The lowest BCUT2D eigenvalue weighted by Crippen LogP contribution is -2.23. The summed E-state index contributed by atoms with van der Waals surface area (Å²) in [5.74, 6) is 1.42. The van der Waals surface area contributed by atoms with Gasteiger partial charge < -0.3 is 15.0 Å². The molecule has 1 amide bonds. The zero-order valence-electron chi connectivity index (χ0n) is 13.1. The minimum Gasteiger partial charge on any atom is -0.494 e. The van der Waals surface area contributed by atoms with Crippen LogP contribution in [0.2, 0.25) is 0 Å². The lowest BCUT2D eigenvalue weighted by molar-refractivity contribution is 0.0941. The second-order valence-electron chi connectivity index (χ2n) is 5.32. The van der Waals surface area contributed by atoms with E-state index in [1.807, 2.05) is 48.5 Å². The first-order chi connectivity index (χ1) is 11.8. The average Bonchev–Trinajstić information content (AvgIpc) is 3.04. The molecule has 0 aliphatic carbocycles. The van der Waals surface area contributed by atoms with Crippen molar-refractivity contribution in [3.63, 3.8) is 0 Å². The van der Waals surface area contributed by atoms with Crippen molar-refractivity contribution in [1.82, 2.24) is 15.3 Å². The number of hydrogen-bond donors (Lipinski definition) is 2. The highest BCUT2D eigenvalue weighted by atomic mass is 35.5. The molecule has 0 aliphatic heterocycles. The minimum atomic E-state index is -0.236. The van der Waals surface area contributed by atoms with Gasteiger partial charge in [-0.1, -0.05) is 24.3 Å². The molecule has 0 spiro atoms. The Morgan fingerprint density at radius 3 is 2.92 bits per heavy atom. The summed E-state index contributed by atoms with van der Waals surface area (Å²) in [4.78, 5) is 19.5. The fraction of sp³-hybridized carbons (Fsp3) is 0.222. The van der Waals surface area contributed by atoms with E-state index >= 15 is 0 Å². The van der Waals surface area contributed by atoms with Gasteiger partial charge in [-0.3, -0.25) is 4.79 Å². The Labute approximate surface area is 145 Å². The number of aromatic nitrogens is 2. The normalized spacial score (nSPS) is 10.7. The van der Waals surface area contributed by atoms with E-state index in [1.165, 1.54) is 0 Å². The van der Waals surface area contributed by atoms with Crippen LogP contribution in [0.15, 0.2) is 48.5 Å². The van der Waals surface area contributed by atoms with Crippen LogP contribution in [0.4, 0.5) is 0 Å². The van der Waals surface area contributed by atoms with Gasteiger partial charge in [0.25, 0.3) is 5.91 Å². The molecule has 0 aliphatic rings. The van der Waals surface area contributed by atoms with Gasteiger partial charge in [-0.15, -0.1) is 11.6 Å². The van der Waals surface area contributed by atoms with Gasteiger partial charge in [0.1, 0.15) is 5.75 Å². The van der Waals surface area contributed by atoms with Gasteiger partial charge >= 0.3 is 0 Å². The molecule has 0 unspecified atom stereocenters. The predicted molar refractivity (Wildman–Crippen MR) is 94.5 cm³/mol. The Hall–Kier alpha value is -2.53. The summed E-state index contributed by atoms with van der Waals surface area (Å²) in [6.45, 7) is 0.987. The Morgan fingerprint density at radius 2 is 2.08 bits per heavy atom. The number of H-pyrrole nitrogens is 1. The maximum atomic E-state index is 12.2. The van der Waals surface area contributed by atoms with E-state index in [-0.39, 0.29) is 5.91 Å². The monoisotopic (exact) mass is 343 g/mol. The van der Waals surface area contributed by atoms with Gasteiger partial charge in [-0.25, -0.2) is 4.98 Å². The van der Waals surface area contributed by atoms with Crippen LogP contribution in [-0.4, -0.2) is 28.4 Å². The van der Waals surface area contributed by atoms with Gasteiger partial charge in [-0.2, -0.15) is 0 Å². The van der Waals surface area contributed by atoms with Crippen molar-refractivity contribution in [3.8, 4) is 5.75 Å². The van der Waals surface area contributed by atoms with Crippen LogP contribution in [0.5, 0.6) is 5.75 Å². The van der Waals surface area contributed by atoms with Crippen molar-refractivity contribution in [1.29, 1.82) is 0 Å². The Balaban J connectivity index is 1.60. The molecule has 0 fully saturated rings. The predicted octanol–water partition coefficient (Wildman–Crippen LogP) is 3.50. The van der Waals surface area contributed by atoms with E-state index in [1.54, 1.807) is 0 Å². The van der Waals surface area contributed by atoms with Crippen LogP contribution < -0.4 is 10.1 Å². The fourth-order valence-corrected chi connectivity index (χ4v) is 2.43. The molecular weight excluding hydrogens is 326 g/mol. The molecule has 0 atom stereocenters. The smallest absolute Gasteiger partial charge is 0.287 e. The molecule has 6 heteroatoms. The Bertz CT molecular complexity index is 799. The Kier molecular flexibility index (Phi) is 5.33. The quantitative estimate of drug-likeness (QED) is 0.509. The summed E-state index contributed by atoms with van der Waals surface area (Å²) in [5, 5.41) is 2.86. The highest BCUT2D eigenvalue weighted by Gasteiger charge is 2.10. The average molecular weight is 344 g/mol. The first-order valence-electron chi connectivity index (χ1n) is 7.77. The number of aromatic amines is 1. The van der Waals surface area contributed by atoms with Crippen molar-refractivity contribution < 1.29 is 9.53 Å². The summed E-state index contributed by atoms with van der Waals surface area (Å²) >= 11 is 5.63. The van der Waals surface area contributed by atoms with Crippen molar-refractivity contribution in [2.45, 2.75) is 13.0 Å². The third-order valence-corrected chi connectivity index (χ3v) is 3.77. The summed E-state index contributed by atoms with van der Waals surface area (Å²) in [5.41, 5.74) is 2.58. The summed E-state index contributed by atoms with van der Waals surface area (Å²) in [6, 6.07) is 15.2. The Morgan fingerprint density at radius 1 is 1.21 bits per heavy atom. The van der Waals surface area contributed by atoms with Gasteiger partial charge in [0.05, 0.1) is 17.6 Å². The molecule has 0 radical (unpaired) electrons. The third kappa shape index (κ3) is 4.06. The number of para-hydroxylation sites is 2. The van der Waals surface area contributed by atoms with Crippen LogP contribution in [0.25, 0.3) is 11.0 Å². The number of carbonyl (C=O) groups is 1. The summed E-state index contributed by atoms with van der Waals surface area (Å²) in [6.07, 6.45) is 0.800. The molecule has 2 N–H and O–H groups in total. The molecule has 5 nitrogen and oxygen atoms in total. The molecule has 1 heterocycles. The van der Waals surface area contributed by atoms with Gasteiger partial charge in [-0.05, 0) is 36.2 Å². The number of halogens is 1. The molecule has 3 aromatic rings. The number of fused-ring (bicyclic) bond motifs is 1. The summed E-state index contributed by atoms with van der Waals surface area (Å²) in [7, 11) is 0. The number of hydrogen-bond acceptors (Lipinski definition) is 3. The SMILES string of the molecule is O=C(NCc1cccc(OCCCCl)c1)c1nc2ccccc2[nH]1. The van der Waals surface area contributed by atoms with E-state index in [2.05, 4.69) is 15.3 Å². The van der Waals surface area contributed by atoms with Gasteiger partial charge in [0.2, 0.25) is 0 Å². The van der Waals surface area contributed by atoms with Crippen molar-refractivity contribution in [2.24, 2.45) is 0 Å². The topological polar surface area (TPSA) is 67.0 Å². The van der Waals surface area contributed by atoms with E-state index in [9.17, 15) is 4.79 Å². The number of rotatable bonds is 7. The molecule has 24 heavy (non-hydrogen) atoms. The molecule has 0 saturated carbocycles. The van der Waals surface area contributed by atoms with Crippen LogP contribution in [0.3, 0.4) is 0 Å². The number of carbonyl (C=O) groups excluding carboxylic acids is 1. The van der Waals surface area contributed by atoms with Crippen LogP contribution in [-0.2, 0) is 6.54 Å². The highest BCUT2D eigenvalue weighted by Crippen LogP contribution is 2.14. The van der Waals surface area contributed by atoms with Gasteiger partial charge in [0, 0.05) is 12.4 Å². The highest BCUT2D eigenvalue weighted by molar-refractivity contribution is 6.17. The van der Waals surface area contributed by atoms with Crippen LogP contribution >= 0.6 is 11.6 Å². The number of benzene rings is 2. The van der Waals surface area contributed by atoms with Gasteiger partial charge in [0.15, 0.2) is 5.82 Å². The number of alkyl halides is 1. The van der Waals surface area contributed by atoms with E-state index in [4.69, 9.17) is 16.3 Å². The first-order valence-corrected chi connectivity index (χ1v) is 8.30. The number of imidazole rings is 1. The van der Waals surface area contributed by atoms with Crippen molar-refractivity contribution in [3.05, 3.63) is 59.9 Å². The first kappa shape index (κ1) is 16.3. The second-order valence-corrected chi connectivity index (χ2v) is 5.70. The molecule has 0 saturated heterocycles. The molecule has 0 bridgehead atoms. The lowest BCUT2D eigenvalue weighted by Gasteiger charge is -2.08. The third-order valence-electron chi connectivity index (χ3n) is 3.50. The second kappa shape index (κ2) is 7.84. The molecule has 1 aromatic heterocycles. The maximum absolute atomic E-state index is 12.2. The number of nitrogens with one attached hydrogen (secondary N) is 2. The zero-order valence-corrected chi connectivity index (χ0v) is 13.8. The van der Waals surface area contributed by atoms with E-state index < -0.39 is 0 Å². The molecule has 2 aromatic carbocycles. The van der Waals surface area contributed by atoms with Crippen LogP contribution in [0.1, 0.15) is 22.6 Å². The van der Waals surface area contributed by atoms with Crippen molar-refractivity contribution in [2.75, 3.05) is 12.5 Å². The lowest BCUT2D eigenvalue weighted by atomic mass is 10.2. The minimum absolute atomic E-state index is 0.236. The van der Waals surface area contributed by atoms with Crippen molar-refractivity contribution >= 4 is 28.5 Å². The maximum Gasteiger partial charge on any atom is 0.287 e. The number of ether oxygens (including phenoxy) is 1. The largest absolute Gasteiger partial charge is 0.494 e. The standard InChI is InChI=1S/C18H18ClN3O2/c19-9-4-10-24-14-6-3-5-13(11-14)12-20-18(23)17-21-15-7-1-2-8-16(15)22-17/h1-3,5-8,11H,4,9-10,12H2,(H,20,23)(H,21,22). The summed E-state index contributed by atoms with van der Waals surface area (Å²) < 4.78 is 5.60. The molecule has 3 rings (SSSR count). The molecular formula is C18H18ClN3O2. The number of nitrogens with zero attached hydrogens (tertiary/aromatic N) is 1. The molecule has 124 valence electrons. The zero-order chi connectivity index (χ0) is 16.8. The van der Waals surface area contributed by atoms with E-state index in [0.717, 1.165) is 28.8 Å². The number of amides is 1.